The molecule has 0 fully saturated rings. The first kappa shape index (κ1) is 17.8. The second kappa shape index (κ2) is 7.93. The summed E-state index contributed by atoms with van der Waals surface area (Å²) in [6.45, 7) is 0. The topological polar surface area (TPSA) is 52.6 Å². The minimum absolute atomic E-state index is 0.137. The normalized spacial score (nSPS) is 10.2. The van der Waals surface area contributed by atoms with Gasteiger partial charge in [-0.1, -0.05) is 40.2 Å². The number of rotatable bonds is 4. The van der Waals surface area contributed by atoms with Crippen LogP contribution in [0.4, 0.5) is 4.39 Å². The van der Waals surface area contributed by atoms with Crippen molar-refractivity contribution in [3.63, 3.8) is 0 Å². The molecule has 0 saturated carbocycles. The second-order valence-electron chi connectivity index (χ2n) is 5.24. The van der Waals surface area contributed by atoms with E-state index in [4.69, 9.17) is 9.47 Å². The predicted octanol–water partition coefficient (Wildman–Crippen LogP) is 5.03. The third kappa shape index (κ3) is 4.34. The lowest BCUT2D eigenvalue weighted by Crippen LogP contribution is -2.11. The van der Waals surface area contributed by atoms with Crippen molar-refractivity contribution < 1.29 is 23.5 Å². The van der Waals surface area contributed by atoms with Crippen LogP contribution in [0, 0.1) is 5.82 Å². The van der Waals surface area contributed by atoms with Gasteiger partial charge in [-0.3, -0.25) is 0 Å². The maximum Gasteiger partial charge on any atom is 0.346 e. The Labute approximate surface area is 157 Å². The highest BCUT2D eigenvalue weighted by atomic mass is 79.9. The first-order chi connectivity index (χ1) is 12.5. The standard InChI is InChI=1S/C20H12BrFO4/c21-14-6-3-5-13(11-14)19(23)25-15-7-4-8-16(12-15)26-20(24)17-9-1-2-10-18(17)22/h1-12H. The van der Waals surface area contributed by atoms with Crippen molar-refractivity contribution in [2.24, 2.45) is 0 Å². The Morgan fingerprint density at radius 3 is 2.12 bits per heavy atom. The Hall–Kier alpha value is -2.99. The SMILES string of the molecule is O=C(Oc1cccc(OC(=O)c2ccccc2F)c1)c1cccc(Br)c1. The molecule has 3 aromatic carbocycles. The molecule has 0 atom stereocenters. The molecule has 0 aliphatic rings. The summed E-state index contributed by atoms with van der Waals surface area (Å²) >= 11 is 3.29. The molecule has 3 aromatic rings. The van der Waals surface area contributed by atoms with Crippen molar-refractivity contribution in [1.29, 1.82) is 0 Å². The van der Waals surface area contributed by atoms with Crippen LogP contribution in [0.15, 0.2) is 77.3 Å². The first-order valence-electron chi connectivity index (χ1n) is 7.57. The van der Waals surface area contributed by atoms with Gasteiger partial charge in [-0.05, 0) is 42.5 Å². The van der Waals surface area contributed by atoms with Gasteiger partial charge >= 0.3 is 11.9 Å². The summed E-state index contributed by atoms with van der Waals surface area (Å²) in [5.41, 5.74) is 0.192. The van der Waals surface area contributed by atoms with E-state index in [-0.39, 0.29) is 17.1 Å². The van der Waals surface area contributed by atoms with Gasteiger partial charge in [0, 0.05) is 10.5 Å². The second-order valence-corrected chi connectivity index (χ2v) is 6.16. The largest absolute Gasteiger partial charge is 0.423 e. The van der Waals surface area contributed by atoms with Crippen LogP contribution in [0.2, 0.25) is 0 Å². The molecular weight excluding hydrogens is 403 g/mol. The van der Waals surface area contributed by atoms with Gasteiger partial charge in [-0.15, -0.1) is 0 Å². The van der Waals surface area contributed by atoms with E-state index < -0.39 is 17.8 Å². The lowest BCUT2D eigenvalue weighted by Gasteiger charge is -2.08. The third-order valence-corrected chi connectivity index (χ3v) is 3.87. The summed E-state index contributed by atoms with van der Waals surface area (Å²) in [4.78, 5) is 24.2. The summed E-state index contributed by atoms with van der Waals surface area (Å²) in [6, 6.07) is 18.3. The summed E-state index contributed by atoms with van der Waals surface area (Å²) in [6.07, 6.45) is 0. The van der Waals surface area contributed by atoms with E-state index in [0.717, 1.165) is 4.47 Å². The summed E-state index contributed by atoms with van der Waals surface area (Å²) < 4.78 is 24.8. The van der Waals surface area contributed by atoms with Crippen LogP contribution in [0.25, 0.3) is 0 Å². The highest BCUT2D eigenvalue weighted by Gasteiger charge is 2.14. The Morgan fingerprint density at radius 2 is 1.42 bits per heavy atom. The van der Waals surface area contributed by atoms with E-state index in [1.807, 2.05) is 0 Å². The number of benzene rings is 3. The van der Waals surface area contributed by atoms with E-state index >= 15 is 0 Å². The molecule has 130 valence electrons. The number of carbonyl (C=O) groups excluding carboxylic acids is 2. The summed E-state index contributed by atoms with van der Waals surface area (Å²) in [5, 5.41) is 0. The van der Waals surface area contributed by atoms with Crippen LogP contribution >= 0.6 is 15.9 Å². The molecule has 0 aliphatic carbocycles. The lowest BCUT2D eigenvalue weighted by atomic mass is 10.2. The fraction of sp³-hybridized carbons (Fsp3) is 0. The van der Waals surface area contributed by atoms with Crippen molar-refractivity contribution in [2.45, 2.75) is 0 Å². The van der Waals surface area contributed by atoms with Gasteiger partial charge in [0.25, 0.3) is 0 Å². The van der Waals surface area contributed by atoms with Gasteiger partial charge in [0.05, 0.1) is 11.1 Å². The maximum atomic E-state index is 13.6. The zero-order chi connectivity index (χ0) is 18.5. The van der Waals surface area contributed by atoms with Crippen LogP contribution in [0.3, 0.4) is 0 Å². The number of ether oxygens (including phenoxy) is 2. The molecule has 0 aromatic heterocycles. The fourth-order valence-corrected chi connectivity index (χ4v) is 2.57. The van der Waals surface area contributed by atoms with Crippen LogP contribution in [-0.2, 0) is 0 Å². The smallest absolute Gasteiger partial charge is 0.346 e. The van der Waals surface area contributed by atoms with Gasteiger partial charge in [0.15, 0.2) is 0 Å². The van der Waals surface area contributed by atoms with Crippen LogP contribution in [0.1, 0.15) is 20.7 Å². The van der Waals surface area contributed by atoms with Gasteiger partial charge in [-0.2, -0.15) is 0 Å². The van der Waals surface area contributed by atoms with Crippen molar-refractivity contribution >= 4 is 27.9 Å². The average Bonchev–Trinajstić information content (AvgIpc) is 2.62. The highest BCUT2D eigenvalue weighted by Crippen LogP contribution is 2.22. The van der Waals surface area contributed by atoms with E-state index in [9.17, 15) is 14.0 Å². The quantitative estimate of drug-likeness (QED) is 0.443. The molecule has 3 rings (SSSR count). The van der Waals surface area contributed by atoms with Crippen LogP contribution in [0.5, 0.6) is 11.5 Å². The maximum absolute atomic E-state index is 13.6. The Bertz CT molecular complexity index is 971. The molecule has 0 bridgehead atoms. The van der Waals surface area contributed by atoms with Crippen molar-refractivity contribution in [3.8, 4) is 11.5 Å². The monoisotopic (exact) mass is 414 g/mol. The Morgan fingerprint density at radius 1 is 0.769 bits per heavy atom. The molecule has 4 nitrogen and oxygen atoms in total. The van der Waals surface area contributed by atoms with E-state index in [0.29, 0.717) is 5.56 Å². The van der Waals surface area contributed by atoms with Crippen molar-refractivity contribution in [3.05, 3.63) is 94.2 Å². The zero-order valence-electron chi connectivity index (χ0n) is 13.3. The highest BCUT2D eigenvalue weighted by molar-refractivity contribution is 9.10. The molecule has 0 unspecified atom stereocenters. The molecule has 0 heterocycles. The van der Waals surface area contributed by atoms with Crippen LogP contribution in [-0.4, -0.2) is 11.9 Å². The van der Waals surface area contributed by atoms with E-state index in [1.54, 1.807) is 36.4 Å². The zero-order valence-corrected chi connectivity index (χ0v) is 14.9. The number of carbonyl (C=O) groups is 2. The number of halogens is 2. The predicted molar refractivity (Wildman–Crippen MR) is 96.9 cm³/mol. The molecule has 0 saturated heterocycles. The lowest BCUT2D eigenvalue weighted by molar-refractivity contribution is 0.0729. The fourth-order valence-electron chi connectivity index (χ4n) is 2.17. The van der Waals surface area contributed by atoms with Gasteiger partial charge in [-0.25, -0.2) is 14.0 Å². The summed E-state index contributed by atoms with van der Waals surface area (Å²) in [5.74, 6) is -1.72. The molecule has 6 heteroatoms. The average molecular weight is 415 g/mol. The Kier molecular flexibility index (Phi) is 5.43. The van der Waals surface area contributed by atoms with Gasteiger partial charge in [0.1, 0.15) is 17.3 Å². The third-order valence-electron chi connectivity index (χ3n) is 3.38. The van der Waals surface area contributed by atoms with Gasteiger partial charge in [0.2, 0.25) is 0 Å². The molecule has 0 N–H and O–H groups in total. The molecule has 0 aliphatic heterocycles. The van der Waals surface area contributed by atoms with Crippen molar-refractivity contribution in [2.75, 3.05) is 0 Å². The number of esters is 2. The minimum atomic E-state index is -0.835. The van der Waals surface area contributed by atoms with Crippen LogP contribution < -0.4 is 9.47 Å². The summed E-state index contributed by atoms with van der Waals surface area (Å²) in [7, 11) is 0. The van der Waals surface area contributed by atoms with E-state index in [1.165, 1.54) is 36.4 Å². The Balaban J connectivity index is 1.73. The minimum Gasteiger partial charge on any atom is -0.423 e. The molecule has 0 spiro atoms. The molecular formula is C20H12BrFO4. The molecule has 0 amide bonds. The molecule has 0 radical (unpaired) electrons. The van der Waals surface area contributed by atoms with Crippen molar-refractivity contribution in [1.82, 2.24) is 0 Å². The number of hydrogen-bond acceptors (Lipinski definition) is 4. The first-order valence-corrected chi connectivity index (χ1v) is 8.37. The number of hydrogen-bond donors (Lipinski definition) is 0. The molecule has 26 heavy (non-hydrogen) atoms. The van der Waals surface area contributed by atoms with Gasteiger partial charge < -0.3 is 9.47 Å². The van der Waals surface area contributed by atoms with E-state index in [2.05, 4.69) is 15.9 Å².